The summed E-state index contributed by atoms with van der Waals surface area (Å²) in [5, 5.41) is 13.4. The fourth-order valence-corrected chi connectivity index (χ4v) is 2.87. The predicted octanol–water partition coefficient (Wildman–Crippen LogP) is 4.64. The number of aliphatic hydroxyl groups is 1. The lowest BCUT2D eigenvalue weighted by atomic mass is 9.96. The van der Waals surface area contributed by atoms with Crippen LogP contribution >= 0.6 is 0 Å². The lowest BCUT2D eigenvalue weighted by Crippen LogP contribution is -2.34. The Labute approximate surface area is 154 Å². The normalized spacial score (nSPS) is 12.8. The van der Waals surface area contributed by atoms with Crippen molar-refractivity contribution in [1.29, 1.82) is 0 Å². The second-order valence-electron chi connectivity index (χ2n) is 6.37. The molecule has 140 valence electrons. The molecular weight excluding hydrogens is 355 g/mol. The Balaban J connectivity index is 1.97. The number of aliphatic hydroxyl groups excluding tert-OH is 1. The second kappa shape index (κ2) is 7.40. The summed E-state index contributed by atoms with van der Waals surface area (Å²) in [4.78, 5) is 12.2. The van der Waals surface area contributed by atoms with E-state index in [0.717, 1.165) is 28.5 Å². The molecule has 6 heteroatoms. The van der Waals surface area contributed by atoms with Gasteiger partial charge < -0.3 is 10.4 Å². The van der Waals surface area contributed by atoms with Crippen LogP contribution in [0.1, 0.15) is 22.8 Å². The highest BCUT2D eigenvalue weighted by Gasteiger charge is 2.30. The average molecular weight is 373 g/mol. The summed E-state index contributed by atoms with van der Waals surface area (Å²) in [6.45, 7) is 1.54. The molecule has 0 spiro atoms. The van der Waals surface area contributed by atoms with E-state index in [1.165, 1.54) is 12.1 Å². The van der Waals surface area contributed by atoms with E-state index in [4.69, 9.17) is 5.11 Å². The molecule has 0 saturated heterocycles. The maximum absolute atomic E-state index is 12.8. The van der Waals surface area contributed by atoms with Crippen molar-refractivity contribution in [1.82, 2.24) is 5.32 Å². The Bertz CT molecular complexity index is 965. The standard InChI is InChI=1S/C21H18F3NO2/c1-13(12-26)25-20(27)16-7-10-19-15(11-16)3-2-4-18(19)14-5-8-17(9-6-14)21(22,23)24/h2-11,13,26H,12H2,1H3,(H,25,27). The van der Waals surface area contributed by atoms with Crippen LogP contribution < -0.4 is 5.32 Å². The predicted molar refractivity (Wildman–Crippen MR) is 98.4 cm³/mol. The molecule has 3 rings (SSSR count). The van der Waals surface area contributed by atoms with Gasteiger partial charge in [0, 0.05) is 11.6 Å². The number of nitrogens with one attached hydrogen (secondary N) is 1. The van der Waals surface area contributed by atoms with Crippen LogP contribution in [0.15, 0.2) is 60.7 Å². The molecule has 1 atom stereocenters. The third-order valence-corrected chi connectivity index (χ3v) is 4.32. The molecule has 0 aliphatic carbocycles. The minimum Gasteiger partial charge on any atom is -0.394 e. The Morgan fingerprint density at radius 2 is 1.78 bits per heavy atom. The van der Waals surface area contributed by atoms with Crippen molar-refractivity contribution in [3.05, 3.63) is 71.8 Å². The lowest BCUT2D eigenvalue weighted by molar-refractivity contribution is -0.137. The molecule has 0 radical (unpaired) electrons. The van der Waals surface area contributed by atoms with Gasteiger partial charge in [0.05, 0.1) is 12.2 Å². The smallest absolute Gasteiger partial charge is 0.394 e. The molecule has 3 aromatic carbocycles. The van der Waals surface area contributed by atoms with E-state index in [0.29, 0.717) is 11.1 Å². The molecule has 0 heterocycles. The maximum Gasteiger partial charge on any atom is 0.416 e. The summed E-state index contributed by atoms with van der Waals surface area (Å²) in [7, 11) is 0. The van der Waals surface area contributed by atoms with Crippen molar-refractivity contribution in [2.24, 2.45) is 0 Å². The van der Waals surface area contributed by atoms with E-state index in [2.05, 4.69) is 5.32 Å². The van der Waals surface area contributed by atoms with Crippen LogP contribution in [-0.4, -0.2) is 23.7 Å². The first-order valence-corrected chi connectivity index (χ1v) is 8.41. The zero-order valence-corrected chi connectivity index (χ0v) is 14.5. The van der Waals surface area contributed by atoms with Gasteiger partial charge in [-0.3, -0.25) is 4.79 Å². The van der Waals surface area contributed by atoms with Gasteiger partial charge in [-0.2, -0.15) is 13.2 Å². The van der Waals surface area contributed by atoms with E-state index in [1.807, 2.05) is 12.1 Å². The number of rotatable bonds is 4. The van der Waals surface area contributed by atoms with Crippen molar-refractivity contribution >= 4 is 16.7 Å². The van der Waals surface area contributed by atoms with Gasteiger partial charge in [-0.25, -0.2) is 0 Å². The number of amides is 1. The summed E-state index contributed by atoms with van der Waals surface area (Å²) in [6.07, 6.45) is -4.37. The lowest BCUT2D eigenvalue weighted by Gasteiger charge is -2.13. The quantitative estimate of drug-likeness (QED) is 0.700. The average Bonchev–Trinajstić information content (AvgIpc) is 2.66. The molecule has 0 aliphatic heterocycles. The van der Waals surface area contributed by atoms with Crippen LogP contribution in [0.4, 0.5) is 13.2 Å². The van der Waals surface area contributed by atoms with Gasteiger partial charge >= 0.3 is 6.18 Å². The van der Waals surface area contributed by atoms with Crippen molar-refractivity contribution in [2.75, 3.05) is 6.61 Å². The highest BCUT2D eigenvalue weighted by Crippen LogP contribution is 2.33. The Kier molecular flexibility index (Phi) is 5.19. The van der Waals surface area contributed by atoms with Gasteiger partial charge in [0.15, 0.2) is 0 Å². The number of hydrogen-bond donors (Lipinski definition) is 2. The number of alkyl halides is 3. The SMILES string of the molecule is CC(CO)NC(=O)c1ccc2c(-c3ccc(C(F)(F)F)cc3)cccc2c1. The molecule has 27 heavy (non-hydrogen) atoms. The van der Waals surface area contributed by atoms with E-state index >= 15 is 0 Å². The highest BCUT2D eigenvalue weighted by molar-refractivity contribution is 6.02. The summed E-state index contributed by atoms with van der Waals surface area (Å²) in [6, 6.07) is 15.3. The first-order valence-electron chi connectivity index (χ1n) is 8.41. The number of fused-ring (bicyclic) bond motifs is 1. The van der Waals surface area contributed by atoms with E-state index in [-0.39, 0.29) is 18.6 Å². The molecule has 0 fully saturated rings. The van der Waals surface area contributed by atoms with Crippen LogP contribution in [0.25, 0.3) is 21.9 Å². The monoisotopic (exact) mass is 373 g/mol. The van der Waals surface area contributed by atoms with E-state index < -0.39 is 11.7 Å². The van der Waals surface area contributed by atoms with Gasteiger partial charge in [-0.1, -0.05) is 36.4 Å². The molecule has 3 aromatic rings. The van der Waals surface area contributed by atoms with E-state index in [9.17, 15) is 18.0 Å². The zero-order valence-electron chi connectivity index (χ0n) is 14.5. The van der Waals surface area contributed by atoms with Crippen LogP contribution in [0.3, 0.4) is 0 Å². The van der Waals surface area contributed by atoms with Gasteiger partial charge in [0.2, 0.25) is 0 Å². The first kappa shape index (κ1) is 18.9. The molecular formula is C21H18F3NO2. The first-order chi connectivity index (χ1) is 12.8. The minimum atomic E-state index is -4.37. The number of carbonyl (C=O) groups excluding carboxylic acids is 1. The van der Waals surface area contributed by atoms with Crippen molar-refractivity contribution in [2.45, 2.75) is 19.1 Å². The Morgan fingerprint density at radius 3 is 2.41 bits per heavy atom. The van der Waals surface area contributed by atoms with Crippen LogP contribution in [-0.2, 0) is 6.18 Å². The largest absolute Gasteiger partial charge is 0.416 e. The summed E-state index contributed by atoms with van der Waals surface area (Å²) < 4.78 is 38.3. The Morgan fingerprint density at radius 1 is 1.07 bits per heavy atom. The topological polar surface area (TPSA) is 49.3 Å². The van der Waals surface area contributed by atoms with Crippen molar-refractivity contribution < 1.29 is 23.1 Å². The molecule has 0 aliphatic rings. The van der Waals surface area contributed by atoms with Crippen LogP contribution in [0.5, 0.6) is 0 Å². The van der Waals surface area contributed by atoms with Crippen molar-refractivity contribution in [3.8, 4) is 11.1 Å². The summed E-state index contributed by atoms with van der Waals surface area (Å²) in [5.41, 5.74) is 1.22. The number of benzene rings is 3. The Hall–Kier alpha value is -2.86. The third-order valence-electron chi connectivity index (χ3n) is 4.32. The molecule has 2 N–H and O–H groups in total. The van der Waals surface area contributed by atoms with Gasteiger partial charge in [0.25, 0.3) is 5.91 Å². The van der Waals surface area contributed by atoms with Crippen LogP contribution in [0, 0.1) is 0 Å². The van der Waals surface area contributed by atoms with E-state index in [1.54, 1.807) is 31.2 Å². The van der Waals surface area contributed by atoms with Gasteiger partial charge in [0.1, 0.15) is 0 Å². The van der Waals surface area contributed by atoms with Gasteiger partial charge in [-0.15, -0.1) is 0 Å². The molecule has 0 bridgehead atoms. The maximum atomic E-state index is 12.8. The summed E-state index contributed by atoms with van der Waals surface area (Å²) in [5.74, 6) is -0.293. The van der Waals surface area contributed by atoms with Gasteiger partial charge in [-0.05, 0) is 53.1 Å². The minimum absolute atomic E-state index is 0.155. The molecule has 3 nitrogen and oxygen atoms in total. The number of halogens is 3. The number of hydrogen-bond acceptors (Lipinski definition) is 2. The summed E-state index contributed by atoms with van der Waals surface area (Å²) >= 11 is 0. The fourth-order valence-electron chi connectivity index (χ4n) is 2.87. The third kappa shape index (κ3) is 4.11. The molecule has 1 amide bonds. The molecule has 1 unspecified atom stereocenters. The van der Waals surface area contributed by atoms with Crippen molar-refractivity contribution in [3.63, 3.8) is 0 Å². The van der Waals surface area contributed by atoms with Crippen LogP contribution in [0.2, 0.25) is 0 Å². The zero-order chi connectivity index (χ0) is 19.6. The number of carbonyl (C=O) groups is 1. The molecule has 0 aromatic heterocycles. The molecule has 0 saturated carbocycles. The second-order valence-corrected chi connectivity index (χ2v) is 6.37. The highest BCUT2D eigenvalue weighted by atomic mass is 19.4. The fraction of sp³-hybridized carbons (Fsp3) is 0.190.